The van der Waals surface area contributed by atoms with Crippen LogP contribution in [0.2, 0.25) is 0 Å². The van der Waals surface area contributed by atoms with E-state index in [0.29, 0.717) is 19.7 Å². The van der Waals surface area contributed by atoms with E-state index < -0.39 is 0 Å². The molecule has 0 heterocycles. The highest BCUT2D eigenvalue weighted by Gasteiger charge is 2.20. The number of hydrogen-bond donors (Lipinski definition) is 2. The Morgan fingerprint density at radius 1 is 1.30 bits per heavy atom. The number of benzene rings is 1. The topological polar surface area (TPSA) is 50.4 Å². The van der Waals surface area contributed by atoms with Gasteiger partial charge in [0.2, 0.25) is 5.91 Å². The summed E-state index contributed by atoms with van der Waals surface area (Å²) in [6.07, 6.45) is 2.60. The molecule has 0 bridgehead atoms. The van der Waals surface area contributed by atoms with Gasteiger partial charge in [0.05, 0.1) is 13.1 Å². The summed E-state index contributed by atoms with van der Waals surface area (Å²) in [6, 6.07) is 7.64. The molecular formula is C14H20BrClN2O2. The first-order valence-corrected chi connectivity index (χ1v) is 7.39. The summed E-state index contributed by atoms with van der Waals surface area (Å²) in [5.74, 6) is 1.64. The quantitative estimate of drug-likeness (QED) is 0.697. The van der Waals surface area contributed by atoms with Crippen molar-refractivity contribution in [2.45, 2.75) is 12.8 Å². The van der Waals surface area contributed by atoms with E-state index in [1.807, 2.05) is 24.3 Å². The number of rotatable bonds is 8. The molecule has 0 aliphatic heterocycles. The number of halogens is 2. The Hall–Kier alpha value is -0.780. The highest BCUT2D eigenvalue weighted by atomic mass is 79.9. The first kappa shape index (κ1) is 17.3. The van der Waals surface area contributed by atoms with Crippen LogP contribution in [-0.4, -0.2) is 32.1 Å². The van der Waals surface area contributed by atoms with E-state index in [4.69, 9.17) is 4.74 Å². The number of hydrogen-bond acceptors (Lipinski definition) is 3. The summed E-state index contributed by atoms with van der Waals surface area (Å²) in [5, 5.41) is 5.98. The molecule has 1 aliphatic carbocycles. The van der Waals surface area contributed by atoms with Crippen molar-refractivity contribution >= 4 is 34.2 Å². The molecule has 0 radical (unpaired) electrons. The third kappa shape index (κ3) is 7.12. The largest absolute Gasteiger partial charge is 0.492 e. The van der Waals surface area contributed by atoms with E-state index >= 15 is 0 Å². The predicted molar refractivity (Wildman–Crippen MR) is 85.5 cm³/mol. The first-order valence-electron chi connectivity index (χ1n) is 6.60. The fourth-order valence-corrected chi connectivity index (χ4v) is 1.93. The molecule has 0 saturated heterocycles. The Morgan fingerprint density at radius 2 is 2.00 bits per heavy atom. The number of ether oxygens (including phenoxy) is 1. The molecule has 112 valence electrons. The Labute approximate surface area is 134 Å². The van der Waals surface area contributed by atoms with Crippen LogP contribution in [-0.2, 0) is 4.79 Å². The molecule has 1 aliphatic rings. The minimum atomic E-state index is 0. The van der Waals surface area contributed by atoms with Gasteiger partial charge in [-0.3, -0.25) is 4.79 Å². The molecule has 1 aromatic rings. The normalized spacial score (nSPS) is 13.4. The van der Waals surface area contributed by atoms with Crippen LogP contribution in [0.3, 0.4) is 0 Å². The van der Waals surface area contributed by atoms with Crippen LogP contribution in [0.5, 0.6) is 5.75 Å². The molecule has 0 unspecified atom stereocenters. The average molecular weight is 364 g/mol. The van der Waals surface area contributed by atoms with Gasteiger partial charge in [0.25, 0.3) is 0 Å². The zero-order valence-corrected chi connectivity index (χ0v) is 13.6. The Kier molecular flexibility index (Phi) is 7.95. The molecule has 6 heteroatoms. The monoisotopic (exact) mass is 362 g/mol. The standard InChI is InChI=1S/C14H19BrN2O2.ClH/c15-12-3-5-13(6-4-12)19-8-7-17-14(18)10-16-9-11-1-2-11;/h3-6,11,16H,1-2,7-10H2,(H,17,18);1H. The van der Waals surface area contributed by atoms with Crippen LogP contribution < -0.4 is 15.4 Å². The predicted octanol–water partition coefficient (Wildman–Crippen LogP) is 2.37. The van der Waals surface area contributed by atoms with Crippen molar-refractivity contribution in [3.05, 3.63) is 28.7 Å². The van der Waals surface area contributed by atoms with Crippen LogP contribution in [0.4, 0.5) is 0 Å². The van der Waals surface area contributed by atoms with Gasteiger partial charge >= 0.3 is 0 Å². The third-order valence-corrected chi connectivity index (χ3v) is 3.45. The fourth-order valence-electron chi connectivity index (χ4n) is 1.66. The second-order valence-electron chi connectivity index (χ2n) is 4.73. The highest BCUT2D eigenvalue weighted by Crippen LogP contribution is 2.27. The smallest absolute Gasteiger partial charge is 0.234 e. The van der Waals surface area contributed by atoms with Crippen LogP contribution in [0.25, 0.3) is 0 Å². The van der Waals surface area contributed by atoms with E-state index in [-0.39, 0.29) is 18.3 Å². The van der Waals surface area contributed by atoms with Crippen LogP contribution in [0.1, 0.15) is 12.8 Å². The van der Waals surface area contributed by atoms with E-state index in [0.717, 1.165) is 22.7 Å². The lowest BCUT2D eigenvalue weighted by molar-refractivity contribution is -0.120. The molecule has 2 N–H and O–H groups in total. The Morgan fingerprint density at radius 3 is 2.65 bits per heavy atom. The lowest BCUT2D eigenvalue weighted by Gasteiger charge is -2.08. The van der Waals surface area contributed by atoms with Gasteiger partial charge in [-0.25, -0.2) is 0 Å². The van der Waals surface area contributed by atoms with Gasteiger partial charge in [-0.2, -0.15) is 0 Å². The van der Waals surface area contributed by atoms with E-state index in [9.17, 15) is 4.79 Å². The maximum atomic E-state index is 11.5. The lowest BCUT2D eigenvalue weighted by atomic mass is 10.3. The summed E-state index contributed by atoms with van der Waals surface area (Å²) in [6.45, 7) is 2.37. The third-order valence-electron chi connectivity index (χ3n) is 2.92. The van der Waals surface area contributed by atoms with Crippen molar-refractivity contribution in [2.24, 2.45) is 5.92 Å². The number of amides is 1. The molecule has 1 fully saturated rings. The van der Waals surface area contributed by atoms with Crippen molar-refractivity contribution in [1.29, 1.82) is 0 Å². The van der Waals surface area contributed by atoms with Gasteiger partial charge in [0.1, 0.15) is 12.4 Å². The summed E-state index contributed by atoms with van der Waals surface area (Å²) in [4.78, 5) is 11.5. The maximum absolute atomic E-state index is 11.5. The van der Waals surface area contributed by atoms with Gasteiger partial charge in [-0.05, 0) is 49.6 Å². The van der Waals surface area contributed by atoms with Crippen LogP contribution in [0, 0.1) is 5.92 Å². The summed E-state index contributed by atoms with van der Waals surface area (Å²) >= 11 is 3.37. The Bertz CT molecular complexity index is 410. The second-order valence-corrected chi connectivity index (χ2v) is 5.64. The molecule has 0 spiro atoms. The molecule has 1 aromatic carbocycles. The average Bonchev–Trinajstić information content (AvgIpc) is 3.21. The summed E-state index contributed by atoms with van der Waals surface area (Å²) in [7, 11) is 0. The van der Waals surface area contributed by atoms with Crippen LogP contribution >= 0.6 is 28.3 Å². The maximum Gasteiger partial charge on any atom is 0.234 e. The Balaban J connectivity index is 0.00000200. The van der Waals surface area contributed by atoms with E-state index in [1.165, 1.54) is 12.8 Å². The van der Waals surface area contributed by atoms with Gasteiger partial charge < -0.3 is 15.4 Å². The van der Waals surface area contributed by atoms with Crippen molar-refractivity contribution in [3.8, 4) is 5.75 Å². The molecule has 1 saturated carbocycles. The van der Waals surface area contributed by atoms with E-state index in [1.54, 1.807) is 0 Å². The van der Waals surface area contributed by atoms with Gasteiger partial charge in [-0.15, -0.1) is 12.4 Å². The molecule has 0 atom stereocenters. The first-order chi connectivity index (χ1) is 9.24. The van der Waals surface area contributed by atoms with Crippen molar-refractivity contribution in [2.75, 3.05) is 26.2 Å². The van der Waals surface area contributed by atoms with Crippen molar-refractivity contribution in [1.82, 2.24) is 10.6 Å². The summed E-state index contributed by atoms with van der Waals surface area (Å²) in [5.41, 5.74) is 0. The van der Waals surface area contributed by atoms with Crippen LogP contribution in [0.15, 0.2) is 28.7 Å². The summed E-state index contributed by atoms with van der Waals surface area (Å²) < 4.78 is 6.53. The molecular weight excluding hydrogens is 344 g/mol. The van der Waals surface area contributed by atoms with E-state index in [2.05, 4.69) is 26.6 Å². The molecule has 1 amide bonds. The highest BCUT2D eigenvalue weighted by molar-refractivity contribution is 9.10. The van der Waals surface area contributed by atoms with Gasteiger partial charge in [0, 0.05) is 4.47 Å². The number of carbonyl (C=O) groups excluding carboxylic acids is 1. The van der Waals surface area contributed by atoms with Gasteiger partial charge in [0.15, 0.2) is 0 Å². The molecule has 20 heavy (non-hydrogen) atoms. The zero-order valence-electron chi connectivity index (χ0n) is 11.2. The fraction of sp³-hybridized carbons (Fsp3) is 0.500. The minimum Gasteiger partial charge on any atom is -0.492 e. The van der Waals surface area contributed by atoms with Gasteiger partial charge in [-0.1, -0.05) is 15.9 Å². The van der Waals surface area contributed by atoms with Crippen molar-refractivity contribution < 1.29 is 9.53 Å². The number of nitrogens with one attached hydrogen (secondary N) is 2. The second kappa shape index (κ2) is 9.21. The molecule has 0 aromatic heterocycles. The minimum absolute atomic E-state index is 0. The molecule has 4 nitrogen and oxygen atoms in total. The lowest BCUT2D eigenvalue weighted by Crippen LogP contribution is -2.36. The van der Waals surface area contributed by atoms with Crippen molar-refractivity contribution in [3.63, 3.8) is 0 Å². The molecule has 2 rings (SSSR count). The SMILES string of the molecule is Cl.O=C(CNCC1CC1)NCCOc1ccc(Br)cc1. The zero-order chi connectivity index (χ0) is 13.5. The number of carbonyl (C=O) groups is 1.